The molecule has 5 heteroatoms. The van der Waals surface area contributed by atoms with Crippen LogP contribution < -0.4 is 5.32 Å². The number of nitrogens with one attached hydrogen (secondary N) is 1. The van der Waals surface area contributed by atoms with Crippen LogP contribution in [0.25, 0.3) is 0 Å². The zero-order valence-corrected chi connectivity index (χ0v) is 15.0. The van der Waals surface area contributed by atoms with Gasteiger partial charge >= 0.3 is 0 Å². The molecule has 0 aromatic heterocycles. The lowest BCUT2D eigenvalue weighted by atomic mass is 9.97. The van der Waals surface area contributed by atoms with Crippen LogP contribution in [0.5, 0.6) is 0 Å². The standard InChI is InChI=1S/C20H22ClNO3/c1-14(18(23)15-8-10-17(21)11-9-15)12-13-22-20(24)19(25-2)16-6-4-3-5-7-16/h3-14,18-19,23H,1-2H3,(H,22,24)/b13-12+/t14-,18-,19?/m1/s1. The van der Waals surface area contributed by atoms with Crippen LogP contribution >= 0.6 is 11.6 Å². The first-order chi connectivity index (χ1) is 12.0. The highest BCUT2D eigenvalue weighted by atomic mass is 35.5. The molecule has 1 amide bonds. The summed E-state index contributed by atoms with van der Waals surface area (Å²) < 4.78 is 5.28. The second-order valence-electron chi connectivity index (χ2n) is 5.75. The molecule has 0 saturated carbocycles. The Morgan fingerprint density at radius 1 is 1.12 bits per heavy atom. The van der Waals surface area contributed by atoms with Crippen LogP contribution in [0.15, 0.2) is 66.9 Å². The molecule has 132 valence electrons. The molecule has 4 nitrogen and oxygen atoms in total. The number of hydrogen-bond acceptors (Lipinski definition) is 3. The van der Waals surface area contributed by atoms with E-state index in [0.29, 0.717) is 5.02 Å². The van der Waals surface area contributed by atoms with Gasteiger partial charge in [0.05, 0.1) is 6.10 Å². The van der Waals surface area contributed by atoms with E-state index in [4.69, 9.17) is 16.3 Å². The molecule has 25 heavy (non-hydrogen) atoms. The molecule has 1 unspecified atom stereocenters. The molecule has 0 radical (unpaired) electrons. The molecule has 2 aromatic carbocycles. The minimum Gasteiger partial charge on any atom is -0.388 e. The molecule has 2 aromatic rings. The number of benzene rings is 2. The second kappa shape index (κ2) is 9.37. The summed E-state index contributed by atoms with van der Waals surface area (Å²) in [5.74, 6) is -0.447. The Labute approximate surface area is 153 Å². The van der Waals surface area contributed by atoms with Crippen molar-refractivity contribution in [1.82, 2.24) is 5.32 Å². The molecule has 0 fully saturated rings. The predicted octanol–water partition coefficient (Wildman–Crippen LogP) is 4.03. The first-order valence-electron chi connectivity index (χ1n) is 8.01. The number of aliphatic hydroxyl groups is 1. The number of amides is 1. The Balaban J connectivity index is 1.94. The van der Waals surface area contributed by atoms with Crippen LogP contribution in [-0.2, 0) is 9.53 Å². The van der Waals surface area contributed by atoms with Gasteiger partial charge in [-0.2, -0.15) is 0 Å². The number of ether oxygens (including phenoxy) is 1. The molecule has 0 heterocycles. The number of hydrogen-bond donors (Lipinski definition) is 2. The molecule has 0 aliphatic heterocycles. The van der Waals surface area contributed by atoms with Gasteiger partial charge in [0.2, 0.25) is 0 Å². The van der Waals surface area contributed by atoms with E-state index in [-0.39, 0.29) is 11.8 Å². The van der Waals surface area contributed by atoms with Crippen molar-refractivity contribution in [3.63, 3.8) is 0 Å². The largest absolute Gasteiger partial charge is 0.388 e. The highest BCUT2D eigenvalue weighted by Crippen LogP contribution is 2.24. The van der Waals surface area contributed by atoms with Gasteiger partial charge in [-0.15, -0.1) is 0 Å². The second-order valence-corrected chi connectivity index (χ2v) is 6.19. The van der Waals surface area contributed by atoms with E-state index in [0.717, 1.165) is 11.1 Å². The van der Waals surface area contributed by atoms with E-state index in [9.17, 15) is 9.90 Å². The van der Waals surface area contributed by atoms with Gasteiger partial charge in [-0.25, -0.2) is 0 Å². The van der Waals surface area contributed by atoms with E-state index >= 15 is 0 Å². The lowest BCUT2D eigenvalue weighted by Gasteiger charge is -2.17. The number of halogens is 1. The van der Waals surface area contributed by atoms with Gasteiger partial charge in [0, 0.05) is 24.3 Å². The van der Waals surface area contributed by atoms with E-state index < -0.39 is 12.2 Å². The number of aliphatic hydroxyl groups excluding tert-OH is 1. The van der Waals surface area contributed by atoms with Crippen LogP contribution in [0.3, 0.4) is 0 Å². The van der Waals surface area contributed by atoms with Crippen molar-refractivity contribution in [2.75, 3.05) is 7.11 Å². The first-order valence-corrected chi connectivity index (χ1v) is 8.39. The maximum Gasteiger partial charge on any atom is 0.257 e. The van der Waals surface area contributed by atoms with E-state index in [2.05, 4.69) is 5.32 Å². The van der Waals surface area contributed by atoms with E-state index in [1.165, 1.54) is 7.11 Å². The number of carbonyl (C=O) groups is 1. The summed E-state index contributed by atoms with van der Waals surface area (Å²) in [6, 6.07) is 16.3. The molecule has 0 spiro atoms. The number of rotatable bonds is 7. The third-order valence-corrected chi connectivity index (χ3v) is 4.16. The summed E-state index contributed by atoms with van der Waals surface area (Å²) in [5, 5.41) is 13.7. The molecule has 3 atom stereocenters. The number of carbonyl (C=O) groups excluding carboxylic acids is 1. The first kappa shape index (κ1) is 19.2. The highest BCUT2D eigenvalue weighted by molar-refractivity contribution is 6.30. The third kappa shape index (κ3) is 5.43. The molecule has 0 aliphatic carbocycles. The monoisotopic (exact) mass is 359 g/mol. The van der Waals surface area contributed by atoms with Gasteiger partial charge < -0.3 is 15.2 Å². The van der Waals surface area contributed by atoms with Gasteiger partial charge in [0.15, 0.2) is 6.10 Å². The average Bonchev–Trinajstić information content (AvgIpc) is 2.63. The van der Waals surface area contributed by atoms with Crippen molar-refractivity contribution in [3.05, 3.63) is 83.0 Å². The van der Waals surface area contributed by atoms with Crippen LogP contribution in [-0.4, -0.2) is 18.1 Å². The highest BCUT2D eigenvalue weighted by Gasteiger charge is 2.19. The molecule has 2 N–H and O–H groups in total. The van der Waals surface area contributed by atoms with Crippen LogP contribution in [0.1, 0.15) is 30.3 Å². The summed E-state index contributed by atoms with van der Waals surface area (Å²) in [4.78, 5) is 12.3. The van der Waals surface area contributed by atoms with E-state index in [1.807, 2.05) is 37.3 Å². The molecule has 2 rings (SSSR count). The van der Waals surface area contributed by atoms with Gasteiger partial charge in [0.25, 0.3) is 5.91 Å². The van der Waals surface area contributed by atoms with Gasteiger partial charge in [-0.1, -0.05) is 67.1 Å². The lowest BCUT2D eigenvalue weighted by molar-refractivity contribution is -0.130. The minimum absolute atomic E-state index is 0.181. The molecular formula is C20H22ClNO3. The quantitative estimate of drug-likeness (QED) is 0.784. The van der Waals surface area contributed by atoms with Crippen LogP contribution in [0, 0.1) is 5.92 Å². The van der Waals surface area contributed by atoms with Gasteiger partial charge in [-0.05, 0) is 23.3 Å². The van der Waals surface area contributed by atoms with Crippen molar-refractivity contribution >= 4 is 17.5 Å². The third-order valence-electron chi connectivity index (χ3n) is 3.91. The predicted molar refractivity (Wildman–Crippen MR) is 99.1 cm³/mol. The van der Waals surface area contributed by atoms with Crippen molar-refractivity contribution in [1.29, 1.82) is 0 Å². The van der Waals surface area contributed by atoms with E-state index in [1.54, 1.807) is 36.5 Å². The summed E-state index contributed by atoms with van der Waals surface area (Å²) in [6.45, 7) is 1.87. The fraction of sp³-hybridized carbons (Fsp3) is 0.250. The maximum atomic E-state index is 12.3. The summed E-state index contributed by atoms with van der Waals surface area (Å²) in [7, 11) is 1.49. The molecule has 0 aliphatic rings. The molecule has 0 saturated heterocycles. The maximum absolute atomic E-state index is 12.3. The minimum atomic E-state index is -0.683. The Bertz CT molecular complexity index is 701. The molecular weight excluding hydrogens is 338 g/mol. The smallest absolute Gasteiger partial charge is 0.257 e. The Hall–Kier alpha value is -2.14. The Kier molecular flexibility index (Phi) is 7.19. The summed E-state index contributed by atoms with van der Waals surface area (Å²) >= 11 is 5.85. The van der Waals surface area contributed by atoms with Gasteiger partial charge in [-0.3, -0.25) is 4.79 Å². The lowest BCUT2D eigenvalue weighted by Crippen LogP contribution is -2.26. The normalized spacial score (nSPS) is 14.9. The SMILES string of the molecule is COC(C(=O)N/C=C/[C@@H](C)[C@@H](O)c1ccc(Cl)cc1)c1ccccc1. The fourth-order valence-corrected chi connectivity index (χ4v) is 2.57. The van der Waals surface area contributed by atoms with Gasteiger partial charge in [0.1, 0.15) is 0 Å². The van der Waals surface area contributed by atoms with Crippen molar-refractivity contribution < 1.29 is 14.6 Å². The zero-order chi connectivity index (χ0) is 18.2. The van der Waals surface area contributed by atoms with Crippen LogP contribution in [0.4, 0.5) is 0 Å². The fourth-order valence-electron chi connectivity index (χ4n) is 2.45. The molecule has 0 bridgehead atoms. The summed E-state index contributed by atoms with van der Waals surface area (Å²) in [6.07, 6.45) is 1.93. The van der Waals surface area contributed by atoms with Crippen molar-refractivity contribution in [2.45, 2.75) is 19.1 Å². The Morgan fingerprint density at radius 2 is 1.76 bits per heavy atom. The van der Waals surface area contributed by atoms with Crippen molar-refractivity contribution in [3.8, 4) is 0 Å². The van der Waals surface area contributed by atoms with Crippen molar-refractivity contribution in [2.24, 2.45) is 5.92 Å². The average molecular weight is 360 g/mol. The summed E-state index contributed by atoms with van der Waals surface area (Å²) in [5.41, 5.74) is 1.55. The number of methoxy groups -OCH3 is 1. The topological polar surface area (TPSA) is 58.6 Å². The van der Waals surface area contributed by atoms with Crippen LogP contribution in [0.2, 0.25) is 5.02 Å². The Morgan fingerprint density at radius 3 is 2.36 bits per heavy atom. The zero-order valence-electron chi connectivity index (χ0n) is 14.2.